The van der Waals surface area contributed by atoms with Gasteiger partial charge in [-0.05, 0) is 26.0 Å². The normalized spacial score (nSPS) is 20.9. The van der Waals surface area contributed by atoms with Gasteiger partial charge >= 0.3 is 0 Å². The van der Waals surface area contributed by atoms with Crippen molar-refractivity contribution in [3.05, 3.63) is 23.5 Å². The zero-order chi connectivity index (χ0) is 14.5. The summed E-state index contributed by atoms with van der Waals surface area (Å²) >= 11 is 1.86. The molecule has 4 nitrogen and oxygen atoms in total. The number of Topliss-reactive ketones (excluding diaryl/α,β-unsaturated/α-hetero) is 1. The molecule has 20 heavy (non-hydrogen) atoms. The van der Waals surface area contributed by atoms with E-state index in [4.69, 9.17) is 0 Å². The zero-order valence-electron chi connectivity index (χ0n) is 11.3. The molecule has 2 aliphatic heterocycles. The third-order valence-corrected chi connectivity index (χ3v) is 4.85. The third kappa shape index (κ3) is 2.18. The molecule has 1 amide bonds. The number of nitrogens with zero attached hydrogens (tertiary/aromatic N) is 1. The molecule has 0 unspecified atom stereocenters. The standard InChI is InChI=1S/C14H15FN2O2S/c1-14(2)7-17(3-4-20-14)11-6-10-8(5-9(11)15)12(18)13(19)16-10/h5-6H,3-4,7H2,1-2H3,(H,16,18,19). The molecule has 2 aliphatic rings. The highest BCUT2D eigenvalue weighted by Crippen LogP contribution is 2.36. The summed E-state index contributed by atoms with van der Waals surface area (Å²) in [6, 6.07) is 2.74. The lowest BCUT2D eigenvalue weighted by Crippen LogP contribution is -2.43. The number of thioether (sulfide) groups is 1. The van der Waals surface area contributed by atoms with Gasteiger partial charge in [-0.25, -0.2) is 4.39 Å². The molecule has 0 radical (unpaired) electrons. The second-order valence-corrected chi connectivity index (χ2v) is 7.46. The largest absolute Gasteiger partial charge is 0.367 e. The molecule has 0 aliphatic carbocycles. The topological polar surface area (TPSA) is 49.4 Å². The van der Waals surface area contributed by atoms with E-state index in [-0.39, 0.29) is 10.3 Å². The lowest BCUT2D eigenvalue weighted by Gasteiger charge is -2.39. The summed E-state index contributed by atoms with van der Waals surface area (Å²) in [5.41, 5.74) is 0.987. The Hall–Kier alpha value is -1.56. The van der Waals surface area contributed by atoms with Crippen LogP contribution in [0.5, 0.6) is 0 Å². The van der Waals surface area contributed by atoms with Crippen molar-refractivity contribution in [1.82, 2.24) is 0 Å². The molecule has 2 heterocycles. The number of halogens is 1. The van der Waals surface area contributed by atoms with E-state index in [1.807, 2.05) is 16.7 Å². The van der Waals surface area contributed by atoms with E-state index in [0.717, 1.165) is 18.8 Å². The number of hydrogen-bond donors (Lipinski definition) is 1. The Kier molecular flexibility index (Phi) is 3.01. The molecule has 1 aromatic rings. The minimum Gasteiger partial charge on any atom is -0.367 e. The molecule has 6 heteroatoms. The fraction of sp³-hybridized carbons (Fsp3) is 0.429. The summed E-state index contributed by atoms with van der Waals surface area (Å²) < 4.78 is 14.3. The first kappa shape index (κ1) is 13.4. The number of nitrogens with one attached hydrogen (secondary N) is 1. The zero-order valence-corrected chi connectivity index (χ0v) is 12.1. The van der Waals surface area contributed by atoms with Gasteiger partial charge in [0.2, 0.25) is 0 Å². The van der Waals surface area contributed by atoms with Gasteiger partial charge in [0.1, 0.15) is 5.82 Å². The van der Waals surface area contributed by atoms with Gasteiger partial charge < -0.3 is 10.2 Å². The molecule has 106 valence electrons. The highest BCUT2D eigenvalue weighted by atomic mass is 32.2. The van der Waals surface area contributed by atoms with Crippen LogP contribution in [-0.4, -0.2) is 35.3 Å². The predicted molar refractivity (Wildman–Crippen MR) is 78.1 cm³/mol. The summed E-state index contributed by atoms with van der Waals surface area (Å²) in [6.45, 7) is 5.74. The third-order valence-electron chi connectivity index (χ3n) is 3.55. The second-order valence-electron chi connectivity index (χ2n) is 5.66. The first-order valence-electron chi connectivity index (χ1n) is 6.45. The average Bonchev–Trinajstić information content (AvgIpc) is 2.63. The van der Waals surface area contributed by atoms with Crippen LogP contribution in [-0.2, 0) is 4.79 Å². The average molecular weight is 294 g/mol. The van der Waals surface area contributed by atoms with Crippen LogP contribution in [0.4, 0.5) is 15.8 Å². The van der Waals surface area contributed by atoms with E-state index in [1.165, 1.54) is 6.07 Å². The van der Waals surface area contributed by atoms with Crippen molar-refractivity contribution < 1.29 is 14.0 Å². The second kappa shape index (κ2) is 4.48. The van der Waals surface area contributed by atoms with Crippen LogP contribution in [0.2, 0.25) is 0 Å². The van der Waals surface area contributed by atoms with Crippen LogP contribution in [0.15, 0.2) is 12.1 Å². The smallest absolute Gasteiger partial charge is 0.296 e. The molecule has 1 saturated heterocycles. The van der Waals surface area contributed by atoms with Crippen molar-refractivity contribution in [1.29, 1.82) is 0 Å². The van der Waals surface area contributed by atoms with Gasteiger partial charge in [-0.1, -0.05) is 0 Å². The van der Waals surface area contributed by atoms with Gasteiger partial charge in [0.25, 0.3) is 11.7 Å². The van der Waals surface area contributed by atoms with E-state index < -0.39 is 17.5 Å². The van der Waals surface area contributed by atoms with Gasteiger partial charge in [0, 0.05) is 23.6 Å². The van der Waals surface area contributed by atoms with E-state index in [9.17, 15) is 14.0 Å². The maximum Gasteiger partial charge on any atom is 0.296 e. The van der Waals surface area contributed by atoms with Crippen molar-refractivity contribution in [3.8, 4) is 0 Å². The molecule has 0 aromatic heterocycles. The maximum absolute atomic E-state index is 14.2. The number of amides is 1. The lowest BCUT2D eigenvalue weighted by atomic mass is 10.1. The summed E-state index contributed by atoms with van der Waals surface area (Å²) in [4.78, 5) is 24.9. The molecule has 1 fully saturated rings. The molecule has 0 saturated carbocycles. The van der Waals surface area contributed by atoms with Crippen LogP contribution in [0.3, 0.4) is 0 Å². The van der Waals surface area contributed by atoms with Crippen LogP contribution in [0, 0.1) is 5.82 Å². The summed E-state index contributed by atoms with van der Waals surface area (Å²) in [6.07, 6.45) is 0. The van der Waals surface area contributed by atoms with Gasteiger partial charge in [0.15, 0.2) is 0 Å². The van der Waals surface area contributed by atoms with E-state index >= 15 is 0 Å². The Balaban J connectivity index is 1.98. The molecular formula is C14H15FN2O2S. The van der Waals surface area contributed by atoms with Crippen molar-refractivity contribution in [2.24, 2.45) is 0 Å². The minimum atomic E-state index is -0.689. The minimum absolute atomic E-state index is 0.0583. The van der Waals surface area contributed by atoms with Gasteiger partial charge in [-0.15, -0.1) is 0 Å². The Morgan fingerprint density at radius 3 is 2.80 bits per heavy atom. The van der Waals surface area contributed by atoms with Crippen LogP contribution in [0.1, 0.15) is 24.2 Å². The number of carbonyl (C=O) groups excluding carboxylic acids is 2. The van der Waals surface area contributed by atoms with E-state index in [1.54, 1.807) is 6.07 Å². The first-order valence-corrected chi connectivity index (χ1v) is 7.44. The van der Waals surface area contributed by atoms with Gasteiger partial charge in [-0.2, -0.15) is 11.8 Å². The van der Waals surface area contributed by atoms with E-state index in [2.05, 4.69) is 19.2 Å². The Bertz CT molecular complexity index is 615. The molecule has 1 N–H and O–H groups in total. The lowest BCUT2D eigenvalue weighted by molar-refractivity contribution is -0.112. The number of ketones is 1. The molecular weight excluding hydrogens is 279 g/mol. The predicted octanol–water partition coefficient (Wildman–Crippen LogP) is 2.29. The number of hydrogen-bond acceptors (Lipinski definition) is 4. The van der Waals surface area contributed by atoms with Crippen molar-refractivity contribution in [3.63, 3.8) is 0 Å². The number of anilines is 2. The number of benzene rings is 1. The van der Waals surface area contributed by atoms with Gasteiger partial charge in [0.05, 0.1) is 16.9 Å². The highest BCUT2D eigenvalue weighted by Gasteiger charge is 2.33. The fourth-order valence-corrected chi connectivity index (χ4v) is 3.73. The van der Waals surface area contributed by atoms with Crippen molar-refractivity contribution >= 4 is 34.8 Å². The van der Waals surface area contributed by atoms with Crippen LogP contribution < -0.4 is 10.2 Å². The van der Waals surface area contributed by atoms with Crippen molar-refractivity contribution in [2.45, 2.75) is 18.6 Å². The number of fused-ring (bicyclic) bond motifs is 1. The van der Waals surface area contributed by atoms with Gasteiger partial charge in [-0.3, -0.25) is 9.59 Å². The van der Waals surface area contributed by atoms with Crippen LogP contribution in [0.25, 0.3) is 0 Å². The molecule has 0 spiro atoms. The summed E-state index contributed by atoms with van der Waals surface area (Å²) in [7, 11) is 0. The Labute approximate surface area is 120 Å². The quantitative estimate of drug-likeness (QED) is 0.807. The monoisotopic (exact) mass is 294 g/mol. The summed E-state index contributed by atoms with van der Waals surface area (Å²) in [5, 5.41) is 2.49. The summed E-state index contributed by atoms with van der Waals surface area (Å²) in [5.74, 6) is -0.878. The molecule has 0 bridgehead atoms. The Morgan fingerprint density at radius 2 is 2.10 bits per heavy atom. The molecule has 3 rings (SSSR count). The van der Waals surface area contributed by atoms with E-state index in [0.29, 0.717) is 11.4 Å². The molecule has 0 atom stereocenters. The first-order chi connectivity index (χ1) is 9.37. The maximum atomic E-state index is 14.2. The fourth-order valence-electron chi connectivity index (χ4n) is 2.62. The molecule has 1 aromatic carbocycles. The van der Waals surface area contributed by atoms with Crippen LogP contribution >= 0.6 is 11.8 Å². The SMILES string of the molecule is CC1(C)CN(c2cc3c(cc2F)C(=O)C(=O)N3)CCS1. The number of rotatable bonds is 1. The highest BCUT2D eigenvalue weighted by molar-refractivity contribution is 8.00. The number of carbonyl (C=O) groups is 2. The Morgan fingerprint density at radius 1 is 1.35 bits per heavy atom. The van der Waals surface area contributed by atoms with Crippen molar-refractivity contribution in [2.75, 3.05) is 29.1 Å².